The number of hydrogen-bond acceptors (Lipinski definition) is 3. The Balaban J connectivity index is 2.22. The van der Waals surface area contributed by atoms with Crippen molar-refractivity contribution in [2.24, 2.45) is 0 Å². The zero-order valence-electron chi connectivity index (χ0n) is 8.51. The molecule has 16 heavy (non-hydrogen) atoms. The van der Waals surface area contributed by atoms with Crippen LogP contribution in [0.15, 0.2) is 18.2 Å². The first kappa shape index (κ1) is 10.5. The van der Waals surface area contributed by atoms with Crippen molar-refractivity contribution in [3.8, 4) is 5.75 Å². The normalized spacial score (nSPS) is 14.0. The molecule has 2 rings (SSSR count). The molecule has 1 heterocycles. The quantitative estimate of drug-likeness (QED) is 0.789. The second-order valence-corrected chi connectivity index (χ2v) is 3.68. The lowest BCUT2D eigenvalue weighted by Crippen LogP contribution is -2.29. The molecule has 84 valence electrons. The summed E-state index contributed by atoms with van der Waals surface area (Å²) in [7, 11) is 0. The van der Waals surface area contributed by atoms with E-state index in [-0.39, 0.29) is 31.0 Å². The Bertz CT molecular complexity index is 455. The van der Waals surface area contributed by atoms with Crippen LogP contribution in [-0.4, -0.2) is 28.6 Å². The largest absolute Gasteiger partial charge is 0.508 e. The van der Waals surface area contributed by atoms with E-state index in [1.54, 1.807) is 6.07 Å². The van der Waals surface area contributed by atoms with Gasteiger partial charge in [0.2, 0.25) is 5.91 Å². The molecule has 0 bridgehead atoms. The molecule has 2 N–H and O–H groups in total. The Morgan fingerprint density at radius 1 is 1.44 bits per heavy atom. The van der Waals surface area contributed by atoms with Gasteiger partial charge in [0, 0.05) is 12.2 Å². The van der Waals surface area contributed by atoms with E-state index in [0.29, 0.717) is 5.69 Å². The van der Waals surface area contributed by atoms with E-state index >= 15 is 0 Å². The van der Waals surface area contributed by atoms with Crippen molar-refractivity contribution in [1.29, 1.82) is 0 Å². The minimum atomic E-state index is -0.931. The third-order valence-electron chi connectivity index (χ3n) is 2.55. The fraction of sp³-hybridized carbons (Fsp3) is 0.273. The Morgan fingerprint density at radius 3 is 2.88 bits per heavy atom. The maximum absolute atomic E-state index is 11.6. The highest BCUT2D eigenvalue weighted by Gasteiger charge is 2.27. The van der Waals surface area contributed by atoms with Crippen LogP contribution in [0.1, 0.15) is 12.0 Å². The average Bonchev–Trinajstić information content (AvgIpc) is 2.50. The van der Waals surface area contributed by atoms with E-state index in [0.717, 1.165) is 5.56 Å². The van der Waals surface area contributed by atoms with Crippen molar-refractivity contribution in [2.75, 3.05) is 11.4 Å². The first-order valence-corrected chi connectivity index (χ1v) is 4.92. The molecule has 0 radical (unpaired) electrons. The van der Waals surface area contributed by atoms with Crippen molar-refractivity contribution < 1.29 is 19.8 Å². The molecular weight excluding hydrogens is 210 g/mol. The molecule has 0 aromatic heterocycles. The van der Waals surface area contributed by atoms with Gasteiger partial charge in [-0.3, -0.25) is 9.59 Å². The van der Waals surface area contributed by atoms with Crippen LogP contribution in [0.2, 0.25) is 0 Å². The van der Waals surface area contributed by atoms with Gasteiger partial charge in [-0.05, 0) is 23.8 Å². The highest BCUT2D eigenvalue weighted by atomic mass is 16.4. The molecule has 0 unspecified atom stereocenters. The van der Waals surface area contributed by atoms with Gasteiger partial charge in [0.15, 0.2) is 0 Å². The molecule has 0 saturated carbocycles. The van der Waals surface area contributed by atoms with Crippen LogP contribution in [0.5, 0.6) is 5.75 Å². The van der Waals surface area contributed by atoms with Crippen LogP contribution in [0.3, 0.4) is 0 Å². The van der Waals surface area contributed by atoms with Gasteiger partial charge in [-0.15, -0.1) is 0 Å². The molecule has 0 saturated heterocycles. The molecular formula is C11H11NO4. The fourth-order valence-corrected chi connectivity index (χ4v) is 1.82. The van der Waals surface area contributed by atoms with E-state index in [2.05, 4.69) is 0 Å². The van der Waals surface area contributed by atoms with Crippen molar-refractivity contribution >= 4 is 17.6 Å². The van der Waals surface area contributed by atoms with Gasteiger partial charge >= 0.3 is 5.97 Å². The lowest BCUT2D eigenvalue weighted by Gasteiger charge is -2.15. The maximum atomic E-state index is 11.6. The van der Waals surface area contributed by atoms with Crippen molar-refractivity contribution in [2.45, 2.75) is 12.8 Å². The molecule has 0 fully saturated rings. The van der Waals surface area contributed by atoms with E-state index in [9.17, 15) is 14.7 Å². The fourth-order valence-electron chi connectivity index (χ4n) is 1.82. The molecule has 0 atom stereocenters. The van der Waals surface area contributed by atoms with Gasteiger partial charge in [-0.2, -0.15) is 0 Å². The third-order valence-corrected chi connectivity index (χ3v) is 2.55. The number of benzene rings is 1. The van der Waals surface area contributed by atoms with E-state index < -0.39 is 5.97 Å². The van der Waals surface area contributed by atoms with Crippen LogP contribution in [0.25, 0.3) is 0 Å². The first-order chi connectivity index (χ1) is 7.58. The number of carboxylic acid groups (broad SMARTS) is 1. The average molecular weight is 221 g/mol. The zero-order valence-corrected chi connectivity index (χ0v) is 8.51. The first-order valence-electron chi connectivity index (χ1n) is 4.92. The molecule has 0 spiro atoms. The predicted octanol–water partition coefficient (Wildman–Crippen LogP) is 0.756. The van der Waals surface area contributed by atoms with Gasteiger partial charge < -0.3 is 15.1 Å². The van der Waals surface area contributed by atoms with E-state index in [1.165, 1.54) is 17.0 Å². The highest BCUT2D eigenvalue weighted by Crippen LogP contribution is 2.31. The number of hydrogen-bond donors (Lipinski definition) is 2. The molecule has 1 aromatic carbocycles. The maximum Gasteiger partial charge on any atom is 0.305 e. The molecule has 1 aliphatic rings. The zero-order chi connectivity index (χ0) is 11.7. The summed E-state index contributed by atoms with van der Waals surface area (Å²) in [4.78, 5) is 23.5. The van der Waals surface area contributed by atoms with Crippen molar-refractivity contribution in [3.63, 3.8) is 0 Å². The minimum Gasteiger partial charge on any atom is -0.508 e. The number of fused-ring (bicyclic) bond motifs is 1. The number of amides is 1. The van der Waals surface area contributed by atoms with Gasteiger partial charge in [-0.25, -0.2) is 0 Å². The molecule has 5 heteroatoms. The summed E-state index contributed by atoms with van der Waals surface area (Å²) in [6, 6.07) is 4.66. The van der Waals surface area contributed by atoms with Crippen LogP contribution in [0.4, 0.5) is 5.69 Å². The predicted molar refractivity (Wildman–Crippen MR) is 56.4 cm³/mol. The van der Waals surface area contributed by atoms with Crippen molar-refractivity contribution in [1.82, 2.24) is 0 Å². The number of nitrogens with zero attached hydrogens (tertiary/aromatic N) is 1. The standard InChI is InChI=1S/C11H11NO4/c13-8-1-2-9-7(5-8)6-10(14)12(9)4-3-11(15)16/h1-2,5,13H,3-4,6H2,(H,15,16). The van der Waals surface area contributed by atoms with Gasteiger partial charge in [0.1, 0.15) is 5.75 Å². The number of phenols is 1. The summed E-state index contributed by atoms with van der Waals surface area (Å²) in [6.45, 7) is 0.173. The lowest BCUT2D eigenvalue weighted by atomic mass is 10.1. The monoisotopic (exact) mass is 221 g/mol. The third kappa shape index (κ3) is 1.84. The molecule has 1 amide bonds. The van der Waals surface area contributed by atoms with Crippen LogP contribution >= 0.6 is 0 Å². The second-order valence-electron chi connectivity index (χ2n) is 3.68. The summed E-state index contributed by atoms with van der Waals surface area (Å²) in [6.07, 6.45) is 0.148. The Kier molecular flexibility index (Phi) is 2.52. The Hall–Kier alpha value is -2.04. The Morgan fingerprint density at radius 2 is 2.19 bits per heavy atom. The topological polar surface area (TPSA) is 77.8 Å². The van der Waals surface area contributed by atoms with Crippen LogP contribution in [0, 0.1) is 0 Å². The summed E-state index contributed by atoms with van der Waals surface area (Å²) < 4.78 is 0. The second kappa shape index (κ2) is 3.84. The summed E-state index contributed by atoms with van der Waals surface area (Å²) in [5.74, 6) is -0.937. The summed E-state index contributed by atoms with van der Waals surface area (Å²) in [5, 5.41) is 17.8. The van der Waals surface area contributed by atoms with E-state index in [4.69, 9.17) is 5.11 Å². The molecule has 5 nitrogen and oxygen atoms in total. The molecule has 1 aromatic rings. The van der Waals surface area contributed by atoms with Crippen molar-refractivity contribution in [3.05, 3.63) is 23.8 Å². The number of rotatable bonds is 3. The number of carbonyl (C=O) groups excluding carboxylic acids is 1. The number of aliphatic carboxylic acids is 1. The SMILES string of the molecule is O=C(O)CCN1C(=O)Cc2cc(O)ccc21. The number of carboxylic acids is 1. The van der Waals surface area contributed by atoms with Gasteiger partial charge in [-0.1, -0.05) is 0 Å². The number of aromatic hydroxyl groups is 1. The van der Waals surface area contributed by atoms with Gasteiger partial charge in [0.25, 0.3) is 0 Å². The molecule has 0 aliphatic carbocycles. The lowest BCUT2D eigenvalue weighted by molar-refractivity contribution is -0.136. The highest BCUT2D eigenvalue weighted by molar-refractivity contribution is 6.01. The van der Waals surface area contributed by atoms with Crippen LogP contribution < -0.4 is 4.90 Å². The number of carbonyl (C=O) groups is 2. The Labute approximate surface area is 91.9 Å². The minimum absolute atomic E-state index is 0.0773. The summed E-state index contributed by atoms with van der Waals surface area (Å²) >= 11 is 0. The smallest absolute Gasteiger partial charge is 0.305 e. The van der Waals surface area contributed by atoms with Crippen LogP contribution in [-0.2, 0) is 16.0 Å². The number of phenolic OH excluding ortho intramolecular Hbond substituents is 1. The molecule has 1 aliphatic heterocycles. The summed E-state index contributed by atoms with van der Waals surface area (Å²) in [5.41, 5.74) is 1.44. The van der Waals surface area contributed by atoms with Gasteiger partial charge in [0.05, 0.1) is 12.8 Å². The number of anilines is 1. The van der Waals surface area contributed by atoms with E-state index in [1.807, 2.05) is 0 Å².